The van der Waals surface area contributed by atoms with Gasteiger partial charge in [-0.3, -0.25) is 19.1 Å². The summed E-state index contributed by atoms with van der Waals surface area (Å²) in [6, 6.07) is -2.22. The zero-order valence-electron chi connectivity index (χ0n) is 21.8. The summed E-state index contributed by atoms with van der Waals surface area (Å²) in [5.41, 5.74) is -2.30. The first-order chi connectivity index (χ1) is 17.7. The van der Waals surface area contributed by atoms with Crippen LogP contribution in [0.5, 0.6) is 0 Å². The summed E-state index contributed by atoms with van der Waals surface area (Å²) in [5.74, 6) is -2.59. The fraction of sp³-hybridized carbons (Fsp3) is 0.750. The highest BCUT2D eigenvalue weighted by Gasteiger charge is 2.62. The van der Waals surface area contributed by atoms with Gasteiger partial charge < -0.3 is 30.1 Å². The highest BCUT2D eigenvalue weighted by atomic mass is 32.2. The predicted molar refractivity (Wildman–Crippen MR) is 133 cm³/mol. The molecule has 14 heteroatoms. The number of alkyl carbamates (subject to hydrolysis) is 1. The molecule has 13 nitrogen and oxygen atoms in total. The maximum absolute atomic E-state index is 13.5. The number of rotatable bonds is 4. The number of carbonyl (C=O) groups excluding carboxylic acids is 4. The van der Waals surface area contributed by atoms with E-state index in [1.54, 1.807) is 32.9 Å². The smallest absolute Gasteiger partial charge is 0.408 e. The van der Waals surface area contributed by atoms with Gasteiger partial charge in [0.1, 0.15) is 23.2 Å². The van der Waals surface area contributed by atoms with Gasteiger partial charge in [0, 0.05) is 31.9 Å². The minimum absolute atomic E-state index is 0.0776. The topological polar surface area (TPSA) is 180 Å². The summed E-state index contributed by atoms with van der Waals surface area (Å²) in [6.07, 6.45) is 2.68. The molecule has 4 aliphatic rings. The number of carbonyl (C=O) groups is 4. The molecule has 4 N–H and O–H groups in total. The number of sulfonamides is 1. The maximum atomic E-state index is 13.5. The van der Waals surface area contributed by atoms with Gasteiger partial charge in [0.05, 0.1) is 18.0 Å². The highest BCUT2D eigenvalue weighted by molar-refractivity contribution is 7.91. The highest BCUT2D eigenvalue weighted by Crippen LogP contribution is 2.46. The van der Waals surface area contributed by atoms with Crippen LogP contribution < -0.4 is 15.4 Å². The second kappa shape index (κ2) is 10.5. The van der Waals surface area contributed by atoms with Crippen molar-refractivity contribution in [2.24, 2.45) is 5.92 Å². The van der Waals surface area contributed by atoms with Crippen LogP contribution in [-0.4, -0.2) is 96.6 Å². The molecule has 2 aliphatic heterocycles. The minimum Gasteiger partial charge on any atom is -0.444 e. The molecule has 38 heavy (non-hydrogen) atoms. The van der Waals surface area contributed by atoms with Gasteiger partial charge in [0.15, 0.2) is 0 Å². The van der Waals surface area contributed by atoms with Crippen molar-refractivity contribution in [3.05, 3.63) is 12.2 Å². The molecule has 1 saturated heterocycles. The van der Waals surface area contributed by atoms with Crippen molar-refractivity contribution in [3.8, 4) is 0 Å². The molecule has 0 aromatic heterocycles. The van der Waals surface area contributed by atoms with Gasteiger partial charge in [-0.1, -0.05) is 12.2 Å². The molecule has 0 unspecified atom stereocenters. The number of fused-ring (bicyclic) bond motifs is 2. The maximum Gasteiger partial charge on any atom is 0.408 e. The molecule has 2 heterocycles. The summed E-state index contributed by atoms with van der Waals surface area (Å²) in [5, 5.41) is 14.9. The average Bonchev–Trinajstić information content (AvgIpc) is 3.71. The monoisotopic (exact) mass is 556 g/mol. The van der Waals surface area contributed by atoms with Gasteiger partial charge in [-0.05, 0) is 40.0 Å². The molecule has 5 atom stereocenters. The van der Waals surface area contributed by atoms with Gasteiger partial charge in [0.2, 0.25) is 21.8 Å². The lowest BCUT2D eigenvalue weighted by Crippen LogP contribution is -2.58. The fourth-order valence-corrected chi connectivity index (χ4v) is 6.12. The number of aliphatic hydroxyl groups excluding tert-OH is 1. The molecule has 0 bridgehead atoms. The largest absolute Gasteiger partial charge is 0.444 e. The van der Waals surface area contributed by atoms with Crippen LogP contribution in [-0.2, 0) is 33.9 Å². The SMILES string of the molecule is CC(C)(C)OC(=O)N[C@H]1CCOC/C=C\[C@@H]2C[C@@]2(C(=O)NS(=O)(=O)C2CC2)NC(=O)[C@@H]2C[C@@H](O)CN2C1=O. The first-order valence-electron chi connectivity index (χ1n) is 12.8. The van der Waals surface area contributed by atoms with Crippen LogP contribution in [0.3, 0.4) is 0 Å². The third-order valence-electron chi connectivity index (χ3n) is 6.95. The molecule has 0 spiro atoms. The molecule has 3 fully saturated rings. The molecule has 2 saturated carbocycles. The Balaban J connectivity index is 1.56. The van der Waals surface area contributed by atoms with E-state index >= 15 is 0 Å². The number of amides is 4. The Morgan fingerprint density at radius 1 is 1.24 bits per heavy atom. The number of ether oxygens (including phenoxy) is 2. The number of hydrogen-bond acceptors (Lipinski definition) is 9. The summed E-state index contributed by atoms with van der Waals surface area (Å²) in [6.45, 7) is 5.13. The molecule has 2 aliphatic carbocycles. The van der Waals surface area contributed by atoms with Crippen molar-refractivity contribution >= 4 is 33.8 Å². The number of nitrogens with one attached hydrogen (secondary N) is 3. The van der Waals surface area contributed by atoms with Crippen LogP contribution in [0.1, 0.15) is 52.9 Å². The fourth-order valence-electron chi connectivity index (χ4n) is 4.75. The van der Waals surface area contributed by atoms with E-state index in [-0.39, 0.29) is 39.0 Å². The molecular weight excluding hydrogens is 520 g/mol. The Kier molecular flexibility index (Phi) is 7.79. The van der Waals surface area contributed by atoms with E-state index in [1.165, 1.54) is 4.90 Å². The van der Waals surface area contributed by atoms with Crippen LogP contribution in [0.25, 0.3) is 0 Å². The number of nitrogens with zero attached hydrogens (tertiary/aromatic N) is 1. The summed E-state index contributed by atoms with van der Waals surface area (Å²) in [4.78, 5) is 53.7. The average molecular weight is 557 g/mol. The lowest BCUT2D eigenvalue weighted by atomic mass is 10.1. The zero-order chi connectivity index (χ0) is 27.9. The number of hydrogen-bond donors (Lipinski definition) is 4. The lowest BCUT2D eigenvalue weighted by molar-refractivity contribution is -0.141. The van der Waals surface area contributed by atoms with Gasteiger partial charge in [-0.2, -0.15) is 0 Å². The van der Waals surface area contributed by atoms with E-state index in [4.69, 9.17) is 9.47 Å². The van der Waals surface area contributed by atoms with Crippen molar-refractivity contribution < 1.29 is 42.2 Å². The normalized spacial score (nSPS) is 33.2. The van der Waals surface area contributed by atoms with Crippen LogP contribution in [0.4, 0.5) is 4.79 Å². The van der Waals surface area contributed by atoms with Gasteiger partial charge in [-0.15, -0.1) is 0 Å². The van der Waals surface area contributed by atoms with Crippen LogP contribution >= 0.6 is 0 Å². The van der Waals surface area contributed by atoms with E-state index in [1.807, 2.05) is 0 Å². The van der Waals surface area contributed by atoms with Crippen LogP contribution in [0, 0.1) is 5.92 Å². The van der Waals surface area contributed by atoms with Crippen molar-refractivity contribution in [3.63, 3.8) is 0 Å². The van der Waals surface area contributed by atoms with Crippen molar-refractivity contribution in [1.82, 2.24) is 20.3 Å². The quantitative estimate of drug-likeness (QED) is 0.326. The van der Waals surface area contributed by atoms with E-state index in [2.05, 4.69) is 15.4 Å². The molecular formula is C24H36N4O9S. The van der Waals surface area contributed by atoms with Crippen molar-refractivity contribution in [2.45, 2.75) is 87.5 Å². The van der Waals surface area contributed by atoms with Crippen molar-refractivity contribution in [2.75, 3.05) is 19.8 Å². The third kappa shape index (κ3) is 6.46. The molecule has 4 amide bonds. The molecule has 0 aromatic rings. The first-order valence-corrected chi connectivity index (χ1v) is 14.4. The first kappa shape index (κ1) is 28.3. The molecule has 212 valence electrons. The van der Waals surface area contributed by atoms with Gasteiger partial charge in [-0.25, -0.2) is 13.2 Å². The Morgan fingerprint density at radius 2 is 1.95 bits per heavy atom. The standard InChI is InChI=1S/C24H36N4O9S/c1-23(2,3)37-22(33)25-17-8-10-36-9-4-5-14-12-24(14,21(32)27-38(34,35)16-6-7-16)26-19(30)18-11-15(29)13-28(18)20(17)31/h4-5,14-18,29H,6-13H2,1-3H3,(H,25,33)(H,26,30)(H,27,32)/b5-4-/t14-,15-,17+,18+,24-/m1/s1. The van der Waals surface area contributed by atoms with E-state index < -0.39 is 74.3 Å². The second-order valence-corrected chi connectivity index (χ2v) is 13.3. The third-order valence-corrected chi connectivity index (χ3v) is 8.77. The van der Waals surface area contributed by atoms with Crippen LogP contribution in [0.15, 0.2) is 12.2 Å². The van der Waals surface area contributed by atoms with Crippen LogP contribution in [0.2, 0.25) is 0 Å². The van der Waals surface area contributed by atoms with E-state index in [0.717, 1.165) is 0 Å². The second-order valence-electron chi connectivity index (χ2n) is 11.3. The minimum atomic E-state index is -3.85. The number of aliphatic hydroxyl groups is 1. The lowest BCUT2D eigenvalue weighted by Gasteiger charge is -2.30. The Bertz CT molecular complexity index is 1110. The zero-order valence-corrected chi connectivity index (χ0v) is 22.6. The Labute approximate surface area is 221 Å². The Morgan fingerprint density at radius 3 is 2.61 bits per heavy atom. The molecule has 4 rings (SSSR count). The predicted octanol–water partition coefficient (Wildman–Crippen LogP) is -0.699. The van der Waals surface area contributed by atoms with E-state index in [9.17, 15) is 32.7 Å². The van der Waals surface area contributed by atoms with E-state index in [0.29, 0.717) is 12.8 Å². The van der Waals surface area contributed by atoms with Crippen molar-refractivity contribution in [1.29, 1.82) is 0 Å². The molecule has 0 radical (unpaired) electrons. The summed E-state index contributed by atoms with van der Waals surface area (Å²) < 4.78 is 37.8. The summed E-state index contributed by atoms with van der Waals surface area (Å²) >= 11 is 0. The molecule has 0 aromatic carbocycles. The van der Waals surface area contributed by atoms with Gasteiger partial charge >= 0.3 is 6.09 Å². The van der Waals surface area contributed by atoms with Gasteiger partial charge in [0.25, 0.3) is 5.91 Å². The Hall–Kier alpha value is -2.71. The summed E-state index contributed by atoms with van der Waals surface area (Å²) in [7, 11) is -3.85.